The van der Waals surface area contributed by atoms with Crippen molar-refractivity contribution in [2.24, 2.45) is 46.4 Å². The molecule has 6 atom stereocenters. The number of nitrogens with one attached hydrogen (secondary N) is 1. The molecule has 4 N–H and O–H groups in total. The van der Waals surface area contributed by atoms with Crippen molar-refractivity contribution >= 4 is 11.7 Å². The molecule has 0 aliphatic heterocycles. The van der Waals surface area contributed by atoms with Crippen LogP contribution in [0.1, 0.15) is 38.5 Å². The van der Waals surface area contributed by atoms with Crippen molar-refractivity contribution in [2.75, 3.05) is 0 Å². The maximum atomic E-state index is 12.5. The van der Waals surface area contributed by atoms with Crippen LogP contribution in [0.4, 0.5) is 0 Å². The van der Waals surface area contributed by atoms with Gasteiger partial charge < -0.3 is 16.3 Å². The number of nitrogens with zero attached hydrogens (tertiary/aromatic N) is 1. The Morgan fingerprint density at radius 2 is 1.85 bits per heavy atom. The van der Waals surface area contributed by atoms with E-state index in [1.165, 1.54) is 19.3 Å². The largest absolute Gasteiger partial charge is 0.409 e. The molecule has 2 bridgehead atoms. The van der Waals surface area contributed by atoms with Crippen LogP contribution in [-0.2, 0) is 4.79 Å². The zero-order chi connectivity index (χ0) is 13.9. The second-order valence-electron chi connectivity index (χ2n) is 7.19. The highest BCUT2D eigenvalue weighted by atomic mass is 16.4. The second kappa shape index (κ2) is 4.37. The maximum absolute atomic E-state index is 12.5. The van der Waals surface area contributed by atoms with Gasteiger partial charge in [0, 0.05) is 17.9 Å². The molecule has 4 rings (SSSR count). The smallest absolute Gasteiger partial charge is 0.223 e. The van der Waals surface area contributed by atoms with Crippen LogP contribution in [-0.4, -0.2) is 23.0 Å². The molecule has 0 saturated heterocycles. The van der Waals surface area contributed by atoms with E-state index in [0.717, 1.165) is 31.1 Å². The molecule has 0 spiro atoms. The summed E-state index contributed by atoms with van der Waals surface area (Å²) in [6.45, 7) is 0. The molecule has 20 heavy (non-hydrogen) atoms. The molecule has 110 valence electrons. The van der Waals surface area contributed by atoms with Gasteiger partial charge in [0.15, 0.2) is 0 Å². The van der Waals surface area contributed by atoms with Crippen LogP contribution < -0.4 is 11.1 Å². The van der Waals surface area contributed by atoms with Gasteiger partial charge in [0.25, 0.3) is 0 Å². The van der Waals surface area contributed by atoms with E-state index in [1.807, 2.05) is 0 Å². The lowest BCUT2D eigenvalue weighted by Crippen LogP contribution is -2.43. The van der Waals surface area contributed by atoms with Gasteiger partial charge in [0.1, 0.15) is 5.84 Å². The van der Waals surface area contributed by atoms with Crippen LogP contribution in [0.2, 0.25) is 0 Å². The van der Waals surface area contributed by atoms with Crippen molar-refractivity contribution < 1.29 is 10.0 Å². The Balaban J connectivity index is 1.39. The first kappa shape index (κ1) is 12.5. The summed E-state index contributed by atoms with van der Waals surface area (Å²) in [7, 11) is 0. The number of nitrogens with two attached hydrogens (primary N) is 1. The van der Waals surface area contributed by atoms with E-state index in [1.54, 1.807) is 0 Å². The molecule has 0 aromatic carbocycles. The number of rotatable bonds is 3. The van der Waals surface area contributed by atoms with E-state index in [4.69, 9.17) is 10.9 Å². The first-order chi connectivity index (χ1) is 9.70. The highest BCUT2D eigenvalue weighted by molar-refractivity contribution is 5.86. The standard InChI is InChI=1S/C15H23N3O2/c16-14(18-20)9-2-1-3-10(9)17-15(19)13-11-7-4-5-8(6-7)12(11)13/h7-13,20H,1-6H2,(H2,16,18)(H,17,19). The Morgan fingerprint density at radius 3 is 2.50 bits per heavy atom. The zero-order valence-electron chi connectivity index (χ0n) is 11.7. The summed E-state index contributed by atoms with van der Waals surface area (Å²) in [4.78, 5) is 12.5. The van der Waals surface area contributed by atoms with Crippen LogP contribution in [0.3, 0.4) is 0 Å². The van der Waals surface area contributed by atoms with E-state index in [-0.39, 0.29) is 29.6 Å². The number of amidine groups is 1. The number of carbonyl (C=O) groups excluding carboxylic acids is 1. The van der Waals surface area contributed by atoms with E-state index in [9.17, 15) is 4.79 Å². The van der Waals surface area contributed by atoms with Gasteiger partial charge in [-0.15, -0.1) is 0 Å². The van der Waals surface area contributed by atoms with Gasteiger partial charge in [-0.3, -0.25) is 4.79 Å². The predicted octanol–water partition coefficient (Wildman–Crippen LogP) is 1.31. The van der Waals surface area contributed by atoms with Crippen molar-refractivity contribution in [3.63, 3.8) is 0 Å². The van der Waals surface area contributed by atoms with E-state index >= 15 is 0 Å². The van der Waals surface area contributed by atoms with Crippen molar-refractivity contribution in [3.05, 3.63) is 0 Å². The minimum absolute atomic E-state index is 0.0132. The van der Waals surface area contributed by atoms with E-state index in [2.05, 4.69) is 10.5 Å². The Bertz CT molecular complexity index is 448. The fraction of sp³-hybridized carbons (Fsp3) is 0.867. The first-order valence-electron chi connectivity index (χ1n) is 7.98. The third-order valence-electron chi connectivity index (χ3n) is 6.38. The second-order valence-corrected chi connectivity index (χ2v) is 7.19. The highest BCUT2D eigenvalue weighted by Crippen LogP contribution is 2.69. The van der Waals surface area contributed by atoms with Gasteiger partial charge in [0.05, 0.1) is 0 Å². The Hall–Kier alpha value is -1.26. The average Bonchev–Trinajstić information content (AvgIpc) is 2.83. The number of hydrogen-bond acceptors (Lipinski definition) is 3. The average molecular weight is 277 g/mol. The minimum Gasteiger partial charge on any atom is -0.409 e. The molecule has 5 nitrogen and oxygen atoms in total. The molecule has 6 unspecified atom stereocenters. The first-order valence-corrected chi connectivity index (χ1v) is 7.98. The number of fused-ring (bicyclic) bond motifs is 5. The van der Waals surface area contributed by atoms with Gasteiger partial charge in [0.2, 0.25) is 5.91 Å². The Kier molecular flexibility index (Phi) is 2.72. The molecule has 0 aromatic heterocycles. The molecule has 5 heteroatoms. The van der Waals surface area contributed by atoms with Crippen LogP contribution in [0, 0.1) is 35.5 Å². The van der Waals surface area contributed by atoms with E-state index < -0.39 is 0 Å². The molecular weight excluding hydrogens is 254 g/mol. The summed E-state index contributed by atoms with van der Waals surface area (Å²) < 4.78 is 0. The zero-order valence-corrected chi connectivity index (χ0v) is 11.7. The number of carbonyl (C=O) groups is 1. The lowest BCUT2D eigenvalue weighted by atomic mass is 9.99. The molecule has 0 aromatic rings. The SMILES string of the molecule is NC(=NO)C1CCCC1NC(=O)C1C2C3CCC(C3)C12. The van der Waals surface area contributed by atoms with E-state index in [0.29, 0.717) is 11.8 Å². The van der Waals surface area contributed by atoms with Gasteiger partial charge >= 0.3 is 0 Å². The Morgan fingerprint density at radius 1 is 1.15 bits per heavy atom. The third-order valence-corrected chi connectivity index (χ3v) is 6.38. The third kappa shape index (κ3) is 1.68. The van der Waals surface area contributed by atoms with Crippen molar-refractivity contribution in [1.29, 1.82) is 0 Å². The highest BCUT2D eigenvalue weighted by Gasteiger charge is 2.67. The summed E-state index contributed by atoms with van der Waals surface area (Å²) in [5.74, 6) is 3.79. The van der Waals surface area contributed by atoms with Crippen LogP contribution in [0.5, 0.6) is 0 Å². The normalized spacial score (nSPS) is 49.2. The molecule has 4 fully saturated rings. The van der Waals surface area contributed by atoms with Crippen molar-refractivity contribution in [1.82, 2.24) is 5.32 Å². The lowest BCUT2D eigenvalue weighted by Gasteiger charge is -2.20. The van der Waals surface area contributed by atoms with Gasteiger partial charge in [-0.1, -0.05) is 11.6 Å². The van der Waals surface area contributed by atoms with Gasteiger partial charge in [-0.05, 0) is 55.8 Å². The fourth-order valence-corrected chi connectivity index (χ4v) is 5.52. The van der Waals surface area contributed by atoms with Gasteiger partial charge in [-0.2, -0.15) is 0 Å². The van der Waals surface area contributed by atoms with Crippen molar-refractivity contribution in [2.45, 2.75) is 44.6 Å². The summed E-state index contributed by atoms with van der Waals surface area (Å²) in [5.41, 5.74) is 5.73. The molecule has 4 saturated carbocycles. The topological polar surface area (TPSA) is 87.7 Å². The number of amides is 1. The number of oxime groups is 1. The van der Waals surface area contributed by atoms with Gasteiger partial charge in [-0.25, -0.2) is 0 Å². The van der Waals surface area contributed by atoms with Crippen LogP contribution in [0.15, 0.2) is 5.16 Å². The predicted molar refractivity (Wildman–Crippen MR) is 74.0 cm³/mol. The maximum Gasteiger partial charge on any atom is 0.223 e. The molecule has 4 aliphatic carbocycles. The fourth-order valence-electron chi connectivity index (χ4n) is 5.52. The summed E-state index contributed by atoms with van der Waals surface area (Å²) >= 11 is 0. The Labute approximate surface area is 119 Å². The molecule has 1 amide bonds. The molecule has 0 radical (unpaired) electrons. The minimum atomic E-state index is 0.0132. The van der Waals surface area contributed by atoms with Crippen molar-refractivity contribution in [3.8, 4) is 0 Å². The summed E-state index contributed by atoms with van der Waals surface area (Å²) in [5, 5.41) is 15.1. The lowest BCUT2D eigenvalue weighted by molar-refractivity contribution is -0.124. The summed E-state index contributed by atoms with van der Waals surface area (Å²) in [6, 6.07) is 0.0670. The monoisotopic (exact) mass is 277 g/mol. The quantitative estimate of drug-likeness (QED) is 0.314. The molecule has 4 aliphatic rings. The molecule has 0 heterocycles. The number of hydrogen-bond donors (Lipinski definition) is 3. The molecular formula is C15H23N3O2. The van der Waals surface area contributed by atoms with Crippen LogP contribution >= 0.6 is 0 Å². The van der Waals surface area contributed by atoms with Crippen LogP contribution in [0.25, 0.3) is 0 Å². The summed E-state index contributed by atoms with van der Waals surface area (Å²) in [6.07, 6.45) is 6.94.